The molecule has 1 N–H and O–H groups in total. The number of piperidine rings is 1. The third-order valence-electron chi connectivity index (χ3n) is 3.04. The summed E-state index contributed by atoms with van der Waals surface area (Å²) in [6.07, 6.45) is 5.92. The van der Waals surface area contributed by atoms with E-state index in [0.717, 1.165) is 31.5 Å². The standard InChI is InChI=1S/C13H18N2O2/c16-13(9-11-1-5-14-6-2-11)17-10-12-3-7-15-8-4-12/h1-2,5-6,12,15H,3-4,7-10H2. The lowest BCUT2D eigenvalue weighted by Gasteiger charge is -2.22. The first kappa shape index (κ1) is 12.0. The lowest BCUT2D eigenvalue weighted by Crippen LogP contribution is -2.30. The Labute approximate surface area is 101 Å². The molecule has 0 unspecified atom stereocenters. The Bertz CT molecular complexity index is 348. The van der Waals surface area contributed by atoms with Crippen LogP contribution >= 0.6 is 0 Å². The van der Waals surface area contributed by atoms with Crippen LogP contribution in [0.3, 0.4) is 0 Å². The molecule has 0 atom stereocenters. The van der Waals surface area contributed by atoms with Crippen LogP contribution in [0.1, 0.15) is 18.4 Å². The number of carbonyl (C=O) groups excluding carboxylic acids is 1. The molecule has 0 bridgehead atoms. The fraction of sp³-hybridized carbons (Fsp3) is 0.538. The Morgan fingerprint density at radius 2 is 2.06 bits per heavy atom. The summed E-state index contributed by atoms with van der Waals surface area (Å²) in [7, 11) is 0. The molecule has 0 amide bonds. The van der Waals surface area contributed by atoms with Crippen molar-refractivity contribution in [3.05, 3.63) is 30.1 Å². The van der Waals surface area contributed by atoms with Crippen molar-refractivity contribution < 1.29 is 9.53 Å². The second-order valence-electron chi connectivity index (χ2n) is 4.41. The summed E-state index contributed by atoms with van der Waals surface area (Å²) >= 11 is 0. The molecule has 2 rings (SSSR count). The van der Waals surface area contributed by atoms with Gasteiger partial charge < -0.3 is 10.1 Å². The van der Waals surface area contributed by atoms with Crippen molar-refractivity contribution in [2.24, 2.45) is 5.92 Å². The van der Waals surface area contributed by atoms with Gasteiger partial charge >= 0.3 is 5.97 Å². The maximum Gasteiger partial charge on any atom is 0.310 e. The van der Waals surface area contributed by atoms with Crippen LogP contribution < -0.4 is 5.32 Å². The molecule has 1 fully saturated rings. The third-order valence-corrected chi connectivity index (χ3v) is 3.04. The molecule has 0 aliphatic carbocycles. The van der Waals surface area contributed by atoms with Crippen LogP contribution in [0.2, 0.25) is 0 Å². The van der Waals surface area contributed by atoms with Gasteiger partial charge in [0.1, 0.15) is 0 Å². The van der Waals surface area contributed by atoms with E-state index < -0.39 is 0 Å². The lowest BCUT2D eigenvalue weighted by molar-refractivity contribution is -0.144. The van der Waals surface area contributed by atoms with Crippen molar-refractivity contribution in [3.8, 4) is 0 Å². The number of pyridine rings is 1. The summed E-state index contributed by atoms with van der Waals surface area (Å²) in [6, 6.07) is 3.68. The van der Waals surface area contributed by atoms with Gasteiger partial charge in [-0.2, -0.15) is 0 Å². The molecule has 0 aromatic carbocycles. The fourth-order valence-electron chi connectivity index (χ4n) is 1.98. The largest absolute Gasteiger partial charge is 0.465 e. The Balaban J connectivity index is 1.70. The first-order chi connectivity index (χ1) is 8.34. The fourth-order valence-corrected chi connectivity index (χ4v) is 1.98. The molecule has 2 heterocycles. The van der Waals surface area contributed by atoms with Gasteiger partial charge in [-0.15, -0.1) is 0 Å². The van der Waals surface area contributed by atoms with Gasteiger partial charge in [0, 0.05) is 12.4 Å². The zero-order chi connectivity index (χ0) is 11.9. The molecular formula is C13H18N2O2. The highest BCUT2D eigenvalue weighted by Gasteiger charge is 2.15. The molecule has 17 heavy (non-hydrogen) atoms. The second-order valence-corrected chi connectivity index (χ2v) is 4.41. The van der Waals surface area contributed by atoms with Crippen molar-refractivity contribution in [2.45, 2.75) is 19.3 Å². The number of rotatable bonds is 4. The van der Waals surface area contributed by atoms with E-state index in [1.807, 2.05) is 12.1 Å². The van der Waals surface area contributed by atoms with E-state index in [1.165, 1.54) is 0 Å². The molecule has 1 saturated heterocycles. The monoisotopic (exact) mass is 234 g/mol. The Morgan fingerprint density at radius 3 is 2.76 bits per heavy atom. The van der Waals surface area contributed by atoms with Crippen molar-refractivity contribution in [3.63, 3.8) is 0 Å². The van der Waals surface area contributed by atoms with Gasteiger partial charge in [0.25, 0.3) is 0 Å². The smallest absolute Gasteiger partial charge is 0.310 e. The first-order valence-corrected chi connectivity index (χ1v) is 6.10. The number of hydrogen-bond donors (Lipinski definition) is 1. The minimum atomic E-state index is -0.144. The maximum absolute atomic E-state index is 11.6. The number of hydrogen-bond acceptors (Lipinski definition) is 4. The SMILES string of the molecule is O=C(Cc1ccncc1)OCC1CCNCC1. The summed E-state index contributed by atoms with van der Waals surface area (Å²) in [6.45, 7) is 2.63. The second kappa shape index (κ2) is 6.35. The minimum absolute atomic E-state index is 0.144. The number of nitrogens with one attached hydrogen (secondary N) is 1. The van der Waals surface area contributed by atoms with Gasteiger partial charge in [-0.05, 0) is 49.5 Å². The molecule has 4 heteroatoms. The van der Waals surface area contributed by atoms with E-state index in [4.69, 9.17) is 4.74 Å². The summed E-state index contributed by atoms with van der Waals surface area (Å²) < 4.78 is 5.30. The van der Waals surface area contributed by atoms with Crippen LogP contribution in [0.5, 0.6) is 0 Å². The van der Waals surface area contributed by atoms with E-state index in [1.54, 1.807) is 12.4 Å². The van der Waals surface area contributed by atoms with Crippen molar-refractivity contribution >= 4 is 5.97 Å². The number of esters is 1. The van der Waals surface area contributed by atoms with Crippen molar-refractivity contribution in [2.75, 3.05) is 19.7 Å². The number of carbonyl (C=O) groups is 1. The Hall–Kier alpha value is -1.42. The van der Waals surface area contributed by atoms with E-state index in [-0.39, 0.29) is 5.97 Å². The molecule has 1 aromatic heterocycles. The normalized spacial score (nSPS) is 16.7. The first-order valence-electron chi connectivity index (χ1n) is 6.10. The third kappa shape index (κ3) is 4.15. The Kier molecular flexibility index (Phi) is 4.50. The molecule has 0 spiro atoms. The zero-order valence-electron chi connectivity index (χ0n) is 9.89. The van der Waals surface area contributed by atoms with Crippen molar-refractivity contribution in [1.29, 1.82) is 0 Å². The van der Waals surface area contributed by atoms with Crippen LogP contribution in [0.15, 0.2) is 24.5 Å². The van der Waals surface area contributed by atoms with E-state index in [9.17, 15) is 4.79 Å². The number of ether oxygens (including phenoxy) is 1. The van der Waals surface area contributed by atoms with Gasteiger partial charge in [0.05, 0.1) is 13.0 Å². The molecule has 1 aliphatic rings. The van der Waals surface area contributed by atoms with Crippen LogP contribution in [0, 0.1) is 5.92 Å². The number of nitrogens with zero attached hydrogens (tertiary/aromatic N) is 1. The highest BCUT2D eigenvalue weighted by atomic mass is 16.5. The summed E-state index contributed by atoms with van der Waals surface area (Å²) in [5, 5.41) is 3.29. The summed E-state index contributed by atoms with van der Waals surface area (Å²) in [5.41, 5.74) is 0.954. The quantitative estimate of drug-likeness (QED) is 0.794. The van der Waals surface area contributed by atoms with Crippen molar-refractivity contribution in [1.82, 2.24) is 10.3 Å². The van der Waals surface area contributed by atoms with Crippen LogP contribution in [-0.2, 0) is 16.0 Å². The summed E-state index contributed by atoms with van der Waals surface area (Å²) in [4.78, 5) is 15.5. The van der Waals surface area contributed by atoms with Crippen LogP contribution in [0.4, 0.5) is 0 Å². The molecule has 0 radical (unpaired) electrons. The van der Waals surface area contributed by atoms with Gasteiger partial charge in [-0.3, -0.25) is 9.78 Å². The molecule has 1 aliphatic heterocycles. The zero-order valence-corrected chi connectivity index (χ0v) is 9.89. The average molecular weight is 234 g/mol. The Morgan fingerprint density at radius 1 is 1.35 bits per heavy atom. The topological polar surface area (TPSA) is 51.2 Å². The average Bonchev–Trinajstić information content (AvgIpc) is 2.39. The molecular weight excluding hydrogens is 216 g/mol. The minimum Gasteiger partial charge on any atom is -0.465 e. The van der Waals surface area contributed by atoms with E-state index in [2.05, 4.69) is 10.3 Å². The number of aromatic nitrogens is 1. The van der Waals surface area contributed by atoms with E-state index in [0.29, 0.717) is 18.9 Å². The summed E-state index contributed by atoms with van der Waals surface area (Å²) in [5.74, 6) is 0.382. The van der Waals surface area contributed by atoms with Crippen LogP contribution in [-0.4, -0.2) is 30.6 Å². The highest BCUT2D eigenvalue weighted by Crippen LogP contribution is 2.12. The lowest BCUT2D eigenvalue weighted by atomic mass is 9.99. The molecule has 4 nitrogen and oxygen atoms in total. The predicted molar refractivity (Wildman–Crippen MR) is 64.5 cm³/mol. The molecule has 92 valence electrons. The predicted octanol–water partition coefficient (Wildman–Crippen LogP) is 1.17. The molecule has 0 saturated carbocycles. The van der Waals surface area contributed by atoms with Gasteiger partial charge in [-0.25, -0.2) is 0 Å². The van der Waals surface area contributed by atoms with Gasteiger partial charge in [0.2, 0.25) is 0 Å². The van der Waals surface area contributed by atoms with Gasteiger partial charge in [0.15, 0.2) is 0 Å². The molecule has 1 aromatic rings. The maximum atomic E-state index is 11.6. The van der Waals surface area contributed by atoms with Gasteiger partial charge in [-0.1, -0.05) is 0 Å². The highest BCUT2D eigenvalue weighted by molar-refractivity contribution is 5.72. The van der Waals surface area contributed by atoms with E-state index >= 15 is 0 Å². The van der Waals surface area contributed by atoms with Crippen LogP contribution in [0.25, 0.3) is 0 Å².